The fourth-order valence-corrected chi connectivity index (χ4v) is 3.87. The summed E-state index contributed by atoms with van der Waals surface area (Å²) in [7, 11) is 1.87. The van der Waals surface area contributed by atoms with E-state index in [2.05, 4.69) is 43.8 Å². The Balaban J connectivity index is 0.00000208. The summed E-state index contributed by atoms with van der Waals surface area (Å²) in [6.45, 7) is 8.61. The molecule has 136 valence electrons. The summed E-state index contributed by atoms with van der Waals surface area (Å²) in [5, 5.41) is 12.2. The van der Waals surface area contributed by atoms with E-state index in [1.165, 1.54) is 25.7 Å². The lowest BCUT2D eigenvalue weighted by Crippen LogP contribution is -2.40. The lowest BCUT2D eigenvalue weighted by molar-refractivity contribution is 0.403. The molecule has 1 N–H and O–H groups in total. The Morgan fingerprint density at radius 2 is 2.12 bits per heavy atom. The number of nitrogens with zero attached hydrogens (tertiary/aromatic N) is 5. The van der Waals surface area contributed by atoms with Gasteiger partial charge in [-0.25, -0.2) is 0 Å². The minimum Gasteiger partial charge on any atom is -0.349 e. The van der Waals surface area contributed by atoms with E-state index in [9.17, 15) is 0 Å². The molecule has 3 heterocycles. The van der Waals surface area contributed by atoms with Gasteiger partial charge in [0.2, 0.25) is 0 Å². The van der Waals surface area contributed by atoms with Crippen molar-refractivity contribution in [2.45, 2.75) is 59.0 Å². The Bertz CT molecular complexity index is 553. The topological polar surface area (TPSA) is 58.3 Å². The van der Waals surface area contributed by atoms with Crippen LogP contribution < -0.4 is 5.32 Å². The molecule has 1 aromatic rings. The van der Waals surface area contributed by atoms with E-state index < -0.39 is 0 Å². The van der Waals surface area contributed by atoms with Gasteiger partial charge in [-0.2, -0.15) is 0 Å². The number of aryl methyl sites for hydroxylation is 1. The second kappa shape index (κ2) is 9.01. The Kier molecular flexibility index (Phi) is 7.31. The first-order valence-electron chi connectivity index (χ1n) is 9.04. The molecule has 2 aliphatic heterocycles. The first-order chi connectivity index (χ1) is 11.2. The highest BCUT2D eigenvalue weighted by atomic mass is 127. The summed E-state index contributed by atoms with van der Waals surface area (Å²) >= 11 is 0. The van der Waals surface area contributed by atoms with Crippen LogP contribution in [0.1, 0.15) is 51.2 Å². The van der Waals surface area contributed by atoms with Gasteiger partial charge in [0, 0.05) is 33.1 Å². The molecule has 0 saturated carbocycles. The van der Waals surface area contributed by atoms with Crippen molar-refractivity contribution >= 4 is 29.9 Å². The number of aromatic nitrogens is 3. The molecule has 7 heteroatoms. The number of rotatable bonds is 4. The molecule has 1 unspecified atom stereocenters. The predicted octanol–water partition coefficient (Wildman–Crippen LogP) is 2.68. The van der Waals surface area contributed by atoms with Crippen molar-refractivity contribution in [2.75, 3.05) is 20.1 Å². The maximum atomic E-state index is 4.47. The first-order valence-corrected chi connectivity index (χ1v) is 9.04. The zero-order valence-corrected chi connectivity index (χ0v) is 17.5. The van der Waals surface area contributed by atoms with Crippen LogP contribution in [0.3, 0.4) is 0 Å². The van der Waals surface area contributed by atoms with Crippen LogP contribution in [0, 0.1) is 11.8 Å². The maximum absolute atomic E-state index is 4.47. The van der Waals surface area contributed by atoms with Crippen molar-refractivity contribution in [2.24, 2.45) is 16.8 Å². The second-order valence-corrected chi connectivity index (χ2v) is 7.27. The van der Waals surface area contributed by atoms with Crippen LogP contribution in [0.15, 0.2) is 4.99 Å². The molecular formula is C17H31IN6. The first kappa shape index (κ1) is 19.5. The van der Waals surface area contributed by atoms with Crippen molar-refractivity contribution in [1.82, 2.24) is 25.0 Å². The van der Waals surface area contributed by atoms with E-state index in [0.29, 0.717) is 6.54 Å². The van der Waals surface area contributed by atoms with Crippen LogP contribution in [-0.2, 0) is 19.5 Å². The fourth-order valence-electron chi connectivity index (χ4n) is 3.87. The molecule has 1 fully saturated rings. The maximum Gasteiger partial charge on any atom is 0.194 e. The molecule has 0 aliphatic carbocycles. The predicted molar refractivity (Wildman–Crippen MR) is 108 cm³/mol. The third kappa shape index (κ3) is 4.61. The number of hydrogen-bond donors (Lipinski definition) is 1. The molecular weight excluding hydrogens is 415 g/mol. The van der Waals surface area contributed by atoms with Gasteiger partial charge in [-0.15, -0.1) is 34.2 Å². The second-order valence-electron chi connectivity index (χ2n) is 7.27. The molecule has 1 saturated heterocycles. The van der Waals surface area contributed by atoms with Gasteiger partial charge in [0.05, 0.1) is 6.54 Å². The SMILES string of the molecule is CN=C(NCc1nnc2n1CCCC2)N1CCC(CC(C)C)C1.I. The molecule has 6 nitrogen and oxygen atoms in total. The number of nitrogens with one attached hydrogen (secondary N) is 1. The van der Waals surface area contributed by atoms with Crippen molar-refractivity contribution in [3.8, 4) is 0 Å². The Hall–Kier alpha value is -0.860. The summed E-state index contributed by atoms with van der Waals surface area (Å²) in [6, 6.07) is 0. The van der Waals surface area contributed by atoms with Crippen LogP contribution in [0.5, 0.6) is 0 Å². The molecule has 0 bridgehead atoms. The van der Waals surface area contributed by atoms with Crippen LogP contribution in [0.4, 0.5) is 0 Å². The van der Waals surface area contributed by atoms with E-state index in [0.717, 1.165) is 55.5 Å². The van der Waals surface area contributed by atoms with Gasteiger partial charge in [0.15, 0.2) is 11.8 Å². The number of likely N-dealkylation sites (tertiary alicyclic amines) is 1. The molecule has 24 heavy (non-hydrogen) atoms. The van der Waals surface area contributed by atoms with Gasteiger partial charge >= 0.3 is 0 Å². The molecule has 0 spiro atoms. The number of halogens is 1. The van der Waals surface area contributed by atoms with E-state index in [1.54, 1.807) is 0 Å². The highest BCUT2D eigenvalue weighted by Crippen LogP contribution is 2.23. The minimum atomic E-state index is 0. The van der Waals surface area contributed by atoms with Gasteiger partial charge in [0.1, 0.15) is 5.82 Å². The van der Waals surface area contributed by atoms with E-state index in [1.807, 2.05) is 7.05 Å². The third-order valence-electron chi connectivity index (χ3n) is 4.94. The quantitative estimate of drug-likeness (QED) is 0.439. The Morgan fingerprint density at radius 1 is 1.29 bits per heavy atom. The van der Waals surface area contributed by atoms with Gasteiger partial charge in [-0.1, -0.05) is 13.8 Å². The summed E-state index contributed by atoms with van der Waals surface area (Å²) < 4.78 is 2.27. The fraction of sp³-hybridized carbons (Fsp3) is 0.824. The standard InChI is InChI=1S/C17H30N6.HI/c1-13(2)10-14-7-9-22(12-14)17(18-3)19-11-16-21-20-15-6-4-5-8-23(15)16;/h13-14H,4-12H2,1-3H3,(H,18,19);1H. The average molecular weight is 446 g/mol. The summed E-state index contributed by atoms with van der Waals surface area (Å²) in [6.07, 6.45) is 6.11. The monoisotopic (exact) mass is 446 g/mol. The molecule has 1 aromatic heterocycles. The van der Waals surface area contributed by atoms with E-state index in [-0.39, 0.29) is 24.0 Å². The highest BCUT2D eigenvalue weighted by Gasteiger charge is 2.25. The zero-order valence-electron chi connectivity index (χ0n) is 15.2. The summed E-state index contributed by atoms with van der Waals surface area (Å²) in [5.74, 6) is 4.76. The molecule has 1 atom stereocenters. The van der Waals surface area contributed by atoms with Crippen LogP contribution in [-0.4, -0.2) is 45.8 Å². The van der Waals surface area contributed by atoms with Crippen molar-refractivity contribution < 1.29 is 0 Å². The van der Waals surface area contributed by atoms with Crippen LogP contribution in [0.25, 0.3) is 0 Å². The third-order valence-corrected chi connectivity index (χ3v) is 4.94. The smallest absolute Gasteiger partial charge is 0.194 e. The van der Waals surface area contributed by atoms with Crippen molar-refractivity contribution in [3.63, 3.8) is 0 Å². The minimum absolute atomic E-state index is 0. The van der Waals surface area contributed by atoms with E-state index in [4.69, 9.17) is 0 Å². The van der Waals surface area contributed by atoms with Gasteiger partial charge in [-0.05, 0) is 37.5 Å². The summed E-state index contributed by atoms with van der Waals surface area (Å²) in [5.41, 5.74) is 0. The van der Waals surface area contributed by atoms with Crippen molar-refractivity contribution in [1.29, 1.82) is 0 Å². The van der Waals surface area contributed by atoms with Crippen molar-refractivity contribution in [3.05, 3.63) is 11.6 Å². The molecule has 0 radical (unpaired) electrons. The summed E-state index contributed by atoms with van der Waals surface area (Å²) in [4.78, 5) is 6.86. The molecule has 0 aromatic carbocycles. The van der Waals surface area contributed by atoms with E-state index >= 15 is 0 Å². The Morgan fingerprint density at radius 3 is 2.88 bits per heavy atom. The Labute approximate surface area is 162 Å². The number of guanidine groups is 1. The lowest BCUT2D eigenvalue weighted by Gasteiger charge is -2.22. The number of hydrogen-bond acceptors (Lipinski definition) is 3. The van der Waals surface area contributed by atoms with Crippen LogP contribution >= 0.6 is 24.0 Å². The molecule has 0 amide bonds. The number of fused-ring (bicyclic) bond motifs is 1. The van der Waals surface area contributed by atoms with Gasteiger partial charge in [0.25, 0.3) is 0 Å². The lowest BCUT2D eigenvalue weighted by atomic mass is 9.97. The largest absolute Gasteiger partial charge is 0.349 e. The molecule has 2 aliphatic rings. The average Bonchev–Trinajstić information content (AvgIpc) is 3.15. The molecule has 3 rings (SSSR count). The van der Waals surface area contributed by atoms with Gasteiger partial charge in [-0.3, -0.25) is 4.99 Å². The normalized spacial score (nSPS) is 20.9. The zero-order chi connectivity index (χ0) is 16.2. The van der Waals surface area contributed by atoms with Crippen LogP contribution in [0.2, 0.25) is 0 Å². The number of aliphatic imine (C=N–C) groups is 1. The highest BCUT2D eigenvalue weighted by molar-refractivity contribution is 14.0. The van der Waals surface area contributed by atoms with Gasteiger partial charge < -0.3 is 14.8 Å².